The number of anilines is 1. The predicted molar refractivity (Wildman–Crippen MR) is 82.5 cm³/mol. The van der Waals surface area contributed by atoms with Gasteiger partial charge in [0.2, 0.25) is 17.7 Å². The average molecular weight is 298 g/mol. The summed E-state index contributed by atoms with van der Waals surface area (Å²) in [6.07, 6.45) is 5.35. The molecule has 0 fully saturated rings. The quantitative estimate of drug-likeness (QED) is 0.821. The summed E-state index contributed by atoms with van der Waals surface area (Å²) in [5, 5.41) is 0. The molecule has 0 saturated carbocycles. The largest absolute Gasteiger partial charge is 0.481 e. The van der Waals surface area contributed by atoms with Crippen LogP contribution in [0, 0.1) is 0 Å². The molecule has 0 unspecified atom stereocenters. The van der Waals surface area contributed by atoms with Gasteiger partial charge in [-0.05, 0) is 36.0 Å². The molecule has 0 bridgehead atoms. The highest BCUT2D eigenvalue weighted by Gasteiger charge is 2.12. The molecule has 22 heavy (non-hydrogen) atoms. The standard InChI is InChI=1S/C16H18N4O2/c1-22-15-7-8-17-16(18-15)20-19-14(21)10-11-5-6-12-3-2-4-13(12)9-11/h5-9H,2-4,10H2,1H3,(H,19,21)(H,17,18,20). The van der Waals surface area contributed by atoms with Crippen LogP contribution in [0.25, 0.3) is 0 Å². The SMILES string of the molecule is COc1ccnc(NNC(=O)Cc2ccc3c(c2)CCC3)n1. The zero-order chi connectivity index (χ0) is 15.4. The first-order valence-electron chi connectivity index (χ1n) is 7.27. The Morgan fingerprint density at radius 3 is 3.00 bits per heavy atom. The van der Waals surface area contributed by atoms with Crippen molar-refractivity contribution in [2.75, 3.05) is 12.5 Å². The number of methoxy groups -OCH3 is 1. The lowest BCUT2D eigenvalue weighted by Crippen LogP contribution is -2.31. The highest BCUT2D eigenvalue weighted by atomic mass is 16.5. The van der Waals surface area contributed by atoms with E-state index in [-0.39, 0.29) is 5.91 Å². The zero-order valence-electron chi connectivity index (χ0n) is 12.4. The van der Waals surface area contributed by atoms with Crippen molar-refractivity contribution in [1.29, 1.82) is 0 Å². The average Bonchev–Trinajstić information content (AvgIpc) is 3.01. The van der Waals surface area contributed by atoms with Crippen molar-refractivity contribution in [2.45, 2.75) is 25.7 Å². The van der Waals surface area contributed by atoms with E-state index in [1.54, 1.807) is 12.3 Å². The molecule has 3 rings (SSSR count). The number of nitrogens with one attached hydrogen (secondary N) is 2. The van der Waals surface area contributed by atoms with E-state index < -0.39 is 0 Å². The number of ether oxygens (including phenoxy) is 1. The van der Waals surface area contributed by atoms with Gasteiger partial charge in [0.1, 0.15) is 0 Å². The number of aryl methyl sites for hydroxylation is 2. The Hall–Kier alpha value is -2.63. The first-order valence-corrected chi connectivity index (χ1v) is 7.27. The Bertz CT molecular complexity index is 688. The van der Waals surface area contributed by atoms with Gasteiger partial charge >= 0.3 is 0 Å². The first-order chi connectivity index (χ1) is 10.7. The number of carbonyl (C=O) groups excluding carboxylic acids is 1. The van der Waals surface area contributed by atoms with Crippen LogP contribution in [0.15, 0.2) is 30.5 Å². The smallest absolute Gasteiger partial charge is 0.245 e. The molecular formula is C16H18N4O2. The van der Waals surface area contributed by atoms with E-state index in [0.29, 0.717) is 18.2 Å². The zero-order valence-corrected chi connectivity index (χ0v) is 12.4. The Morgan fingerprint density at radius 1 is 1.27 bits per heavy atom. The summed E-state index contributed by atoms with van der Waals surface area (Å²) in [4.78, 5) is 20.0. The molecule has 0 aliphatic heterocycles. The number of hydrogen-bond acceptors (Lipinski definition) is 5. The minimum atomic E-state index is -0.135. The molecule has 0 saturated heterocycles. The summed E-state index contributed by atoms with van der Waals surface area (Å²) in [7, 11) is 1.53. The maximum absolute atomic E-state index is 12.0. The van der Waals surface area contributed by atoms with E-state index in [9.17, 15) is 4.79 Å². The predicted octanol–water partition coefficient (Wildman–Crippen LogP) is 1.66. The summed E-state index contributed by atoms with van der Waals surface area (Å²) in [5.41, 5.74) is 9.09. The molecule has 1 heterocycles. The number of nitrogens with zero attached hydrogens (tertiary/aromatic N) is 2. The summed E-state index contributed by atoms with van der Waals surface area (Å²) in [6, 6.07) is 7.91. The van der Waals surface area contributed by atoms with Gasteiger partial charge in [-0.2, -0.15) is 4.98 Å². The third kappa shape index (κ3) is 3.33. The van der Waals surface area contributed by atoms with E-state index in [1.807, 2.05) is 6.07 Å². The molecule has 1 aliphatic carbocycles. The maximum Gasteiger partial charge on any atom is 0.245 e. The van der Waals surface area contributed by atoms with E-state index in [2.05, 4.69) is 33.0 Å². The van der Waals surface area contributed by atoms with Gasteiger partial charge in [0.25, 0.3) is 0 Å². The van der Waals surface area contributed by atoms with Crippen LogP contribution in [0.2, 0.25) is 0 Å². The van der Waals surface area contributed by atoms with Crippen LogP contribution in [0.1, 0.15) is 23.1 Å². The molecule has 2 aromatic rings. The number of aromatic nitrogens is 2. The topological polar surface area (TPSA) is 76.1 Å². The fraction of sp³-hybridized carbons (Fsp3) is 0.312. The number of fused-ring (bicyclic) bond motifs is 1. The van der Waals surface area contributed by atoms with Crippen molar-refractivity contribution in [3.63, 3.8) is 0 Å². The second-order valence-electron chi connectivity index (χ2n) is 5.23. The molecule has 6 nitrogen and oxygen atoms in total. The summed E-state index contributed by atoms with van der Waals surface area (Å²) < 4.78 is 5.00. The third-order valence-electron chi connectivity index (χ3n) is 3.68. The second kappa shape index (κ2) is 6.43. The van der Waals surface area contributed by atoms with Crippen molar-refractivity contribution >= 4 is 11.9 Å². The van der Waals surface area contributed by atoms with Crippen LogP contribution in [0.3, 0.4) is 0 Å². The van der Waals surface area contributed by atoms with Crippen molar-refractivity contribution in [3.8, 4) is 5.88 Å². The van der Waals surface area contributed by atoms with Crippen molar-refractivity contribution in [2.24, 2.45) is 0 Å². The molecule has 6 heteroatoms. The van der Waals surface area contributed by atoms with Crippen molar-refractivity contribution < 1.29 is 9.53 Å². The van der Waals surface area contributed by atoms with Gasteiger partial charge < -0.3 is 4.74 Å². The van der Waals surface area contributed by atoms with Gasteiger partial charge in [0.05, 0.1) is 13.5 Å². The van der Waals surface area contributed by atoms with Gasteiger partial charge in [-0.1, -0.05) is 18.2 Å². The van der Waals surface area contributed by atoms with E-state index in [4.69, 9.17) is 4.74 Å². The first kappa shape index (κ1) is 14.3. The maximum atomic E-state index is 12.0. The Balaban J connectivity index is 1.56. The Labute approximate surface area is 128 Å². The summed E-state index contributed by atoms with van der Waals surface area (Å²) >= 11 is 0. The number of hydrazine groups is 1. The van der Waals surface area contributed by atoms with Crippen LogP contribution in [0.5, 0.6) is 5.88 Å². The van der Waals surface area contributed by atoms with Crippen LogP contribution < -0.4 is 15.6 Å². The van der Waals surface area contributed by atoms with Crippen molar-refractivity contribution in [1.82, 2.24) is 15.4 Å². The summed E-state index contributed by atoms with van der Waals surface area (Å²) in [6.45, 7) is 0. The molecule has 0 radical (unpaired) electrons. The fourth-order valence-electron chi connectivity index (χ4n) is 2.61. The highest BCUT2D eigenvalue weighted by Crippen LogP contribution is 2.22. The molecule has 0 atom stereocenters. The number of amides is 1. The monoisotopic (exact) mass is 298 g/mol. The van der Waals surface area contributed by atoms with Gasteiger partial charge in [0.15, 0.2) is 0 Å². The molecule has 1 amide bonds. The van der Waals surface area contributed by atoms with E-state index in [0.717, 1.165) is 18.4 Å². The number of benzene rings is 1. The molecule has 1 aromatic heterocycles. The second-order valence-corrected chi connectivity index (χ2v) is 5.23. The van der Waals surface area contributed by atoms with E-state index in [1.165, 1.54) is 24.7 Å². The molecule has 1 aliphatic rings. The van der Waals surface area contributed by atoms with Crippen LogP contribution in [-0.4, -0.2) is 23.0 Å². The summed E-state index contributed by atoms with van der Waals surface area (Å²) in [5.74, 6) is 0.594. The Kier molecular flexibility index (Phi) is 4.18. The number of rotatable bonds is 5. The Morgan fingerprint density at radius 2 is 2.14 bits per heavy atom. The van der Waals surface area contributed by atoms with E-state index >= 15 is 0 Å². The minimum absolute atomic E-state index is 0.135. The van der Waals surface area contributed by atoms with Gasteiger partial charge in [0, 0.05) is 12.3 Å². The highest BCUT2D eigenvalue weighted by molar-refractivity contribution is 5.79. The fourth-order valence-corrected chi connectivity index (χ4v) is 2.61. The normalized spacial score (nSPS) is 12.6. The lowest BCUT2D eigenvalue weighted by Gasteiger charge is -2.08. The lowest BCUT2D eigenvalue weighted by molar-refractivity contribution is -0.119. The molecule has 114 valence electrons. The van der Waals surface area contributed by atoms with Gasteiger partial charge in [-0.25, -0.2) is 4.98 Å². The molecule has 0 spiro atoms. The number of hydrogen-bond donors (Lipinski definition) is 2. The molecule has 1 aromatic carbocycles. The van der Waals surface area contributed by atoms with Crippen LogP contribution in [-0.2, 0) is 24.1 Å². The van der Waals surface area contributed by atoms with Gasteiger partial charge in [-0.15, -0.1) is 0 Å². The lowest BCUT2D eigenvalue weighted by atomic mass is 10.0. The third-order valence-corrected chi connectivity index (χ3v) is 3.68. The minimum Gasteiger partial charge on any atom is -0.481 e. The van der Waals surface area contributed by atoms with Gasteiger partial charge in [-0.3, -0.25) is 15.6 Å². The number of carbonyl (C=O) groups is 1. The molecular weight excluding hydrogens is 280 g/mol. The van der Waals surface area contributed by atoms with Crippen LogP contribution in [0.4, 0.5) is 5.95 Å². The van der Waals surface area contributed by atoms with Crippen LogP contribution >= 0.6 is 0 Å². The molecule has 2 N–H and O–H groups in total. The van der Waals surface area contributed by atoms with Crippen molar-refractivity contribution in [3.05, 3.63) is 47.2 Å².